The number of nitrogen functional groups attached to an aromatic ring is 1. The second-order valence-corrected chi connectivity index (χ2v) is 8.37. The molecule has 34 heavy (non-hydrogen) atoms. The number of nitrogens with zero attached hydrogens (tertiary/aromatic N) is 6. The molecule has 3 N–H and O–H groups in total. The molecule has 0 atom stereocenters. The molecular weight excluding hydrogens is 453 g/mol. The average molecular weight is 474 g/mol. The number of piperidine rings is 1. The lowest BCUT2D eigenvalue weighted by molar-refractivity contribution is -0.143. The second kappa shape index (κ2) is 8.47. The minimum atomic E-state index is -0.961. The number of carbonyl (C=O) groups excluding carboxylic acids is 2. The van der Waals surface area contributed by atoms with E-state index >= 15 is 0 Å². The number of pyridine rings is 1. The van der Waals surface area contributed by atoms with Crippen LogP contribution in [0.4, 0.5) is 30.4 Å². The summed E-state index contributed by atoms with van der Waals surface area (Å²) in [6, 6.07) is 0. The van der Waals surface area contributed by atoms with E-state index in [0.29, 0.717) is 25.9 Å². The summed E-state index contributed by atoms with van der Waals surface area (Å²) >= 11 is 0. The molecule has 0 unspecified atom stereocenters. The van der Waals surface area contributed by atoms with E-state index in [9.17, 15) is 22.8 Å². The zero-order chi connectivity index (χ0) is 24.0. The smallest absolute Gasteiger partial charge is 0.263 e. The van der Waals surface area contributed by atoms with Crippen LogP contribution in [0.2, 0.25) is 0 Å². The number of aromatic nitrogens is 4. The minimum Gasteiger partial charge on any atom is -0.381 e. The summed E-state index contributed by atoms with van der Waals surface area (Å²) in [6.45, 7) is 0.990. The highest BCUT2D eigenvalue weighted by Gasteiger charge is 2.36. The van der Waals surface area contributed by atoms with Gasteiger partial charge >= 0.3 is 0 Å². The maximum absolute atomic E-state index is 14.8. The fraction of sp³-hybridized carbons (Fsp3) is 0.381. The van der Waals surface area contributed by atoms with Crippen LogP contribution in [0.15, 0.2) is 24.8 Å². The third kappa shape index (κ3) is 3.86. The molecule has 10 nitrogen and oxygen atoms in total. The number of hydrogen-bond acceptors (Lipinski definition) is 7. The molecule has 0 radical (unpaired) electrons. The lowest BCUT2D eigenvalue weighted by Gasteiger charge is -2.40. The Morgan fingerprint density at radius 1 is 1.12 bits per heavy atom. The molecule has 178 valence electrons. The molecule has 2 aliphatic rings. The van der Waals surface area contributed by atoms with Crippen LogP contribution in [0.1, 0.15) is 23.2 Å². The Balaban J connectivity index is 1.34. The fourth-order valence-corrected chi connectivity index (χ4v) is 4.39. The van der Waals surface area contributed by atoms with Gasteiger partial charge in [-0.15, -0.1) is 5.10 Å². The van der Waals surface area contributed by atoms with Gasteiger partial charge in [-0.05, 0) is 12.8 Å². The van der Waals surface area contributed by atoms with Crippen molar-refractivity contribution in [3.05, 3.63) is 42.0 Å². The molecule has 5 rings (SSSR count). The summed E-state index contributed by atoms with van der Waals surface area (Å²) in [5.74, 6) is -2.49. The average Bonchev–Trinajstić information content (AvgIpc) is 3.11. The van der Waals surface area contributed by atoms with Crippen molar-refractivity contribution in [1.82, 2.24) is 24.5 Å². The quantitative estimate of drug-likeness (QED) is 0.590. The highest BCUT2D eigenvalue weighted by Crippen LogP contribution is 2.33. The number of carbonyl (C=O) groups is 2. The molecule has 3 aromatic rings. The molecule has 5 heterocycles. The number of hydrogen-bond donors (Lipinski definition) is 2. The number of fused-ring (bicyclic) bond motifs is 1. The number of amides is 2. The standard InChI is InChI=1S/C21H21F3N8O2/c22-12-5-27-19-16(18(25)29-32(19)10-12)20(33)28-15-7-26-6-14(24)17(15)30-3-1-11(2-4-30)21(34)31-8-13(23)9-31/h5-7,10-11,13H,1-4,8-9H2,(H2,25,29)(H,28,33). The van der Waals surface area contributed by atoms with E-state index in [4.69, 9.17) is 5.73 Å². The molecule has 0 bridgehead atoms. The SMILES string of the molecule is Nc1nn2cc(F)cnc2c1C(=O)Nc1cncc(F)c1N1CCC(C(=O)N2CC(F)C2)CC1. The summed E-state index contributed by atoms with van der Waals surface area (Å²) in [4.78, 5) is 36.4. The van der Waals surface area contributed by atoms with E-state index in [0.717, 1.165) is 23.1 Å². The lowest BCUT2D eigenvalue weighted by Crippen LogP contribution is -2.54. The minimum absolute atomic E-state index is 0.0446. The van der Waals surface area contributed by atoms with E-state index in [2.05, 4.69) is 20.4 Å². The number of anilines is 3. The topological polar surface area (TPSA) is 122 Å². The molecule has 2 aliphatic heterocycles. The number of alkyl halides is 1. The van der Waals surface area contributed by atoms with Crippen molar-refractivity contribution in [2.45, 2.75) is 19.0 Å². The molecule has 2 fully saturated rings. The zero-order valence-corrected chi connectivity index (χ0v) is 17.9. The molecule has 13 heteroatoms. The van der Waals surface area contributed by atoms with E-state index < -0.39 is 23.7 Å². The Morgan fingerprint density at radius 2 is 1.85 bits per heavy atom. The first kappa shape index (κ1) is 21.9. The monoisotopic (exact) mass is 474 g/mol. The van der Waals surface area contributed by atoms with Gasteiger partial charge in [-0.25, -0.2) is 22.7 Å². The number of halogens is 3. The van der Waals surface area contributed by atoms with Crippen molar-refractivity contribution >= 4 is 34.7 Å². The Bertz CT molecular complexity index is 1270. The molecule has 0 aliphatic carbocycles. The summed E-state index contributed by atoms with van der Waals surface area (Å²) in [6.07, 6.45) is 4.29. The van der Waals surface area contributed by atoms with Crippen molar-refractivity contribution in [2.24, 2.45) is 5.92 Å². The van der Waals surface area contributed by atoms with Crippen LogP contribution in [0.5, 0.6) is 0 Å². The molecule has 0 saturated carbocycles. The molecule has 2 amide bonds. The van der Waals surface area contributed by atoms with Gasteiger partial charge in [-0.1, -0.05) is 0 Å². The Labute approximate surface area is 191 Å². The van der Waals surface area contributed by atoms with Crippen molar-refractivity contribution in [2.75, 3.05) is 42.1 Å². The van der Waals surface area contributed by atoms with Gasteiger partial charge in [-0.2, -0.15) is 0 Å². The summed E-state index contributed by atoms with van der Waals surface area (Å²) in [5.41, 5.74) is 6.05. The molecular formula is C21H21F3N8O2. The Kier molecular flexibility index (Phi) is 5.46. The molecule has 0 aromatic carbocycles. The third-order valence-electron chi connectivity index (χ3n) is 6.13. The van der Waals surface area contributed by atoms with Crippen molar-refractivity contribution in [3.8, 4) is 0 Å². The predicted molar refractivity (Wildman–Crippen MR) is 116 cm³/mol. The first-order chi connectivity index (χ1) is 16.3. The van der Waals surface area contributed by atoms with E-state index in [1.165, 1.54) is 11.1 Å². The zero-order valence-electron chi connectivity index (χ0n) is 17.9. The van der Waals surface area contributed by atoms with E-state index in [1.807, 2.05) is 0 Å². The van der Waals surface area contributed by atoms with Crippen molar-refractivity contribution in [3.63, 3.8) is 0 Å². The van der Waals surface area contributed by atoms with Crippen LogP contribution < -0.4 is 16.0 Å². The van der Waals surface area contributed by atoms with Gasteiger partial charge in [-0.3, -0.25) is 14.6 Å². The Hall–Kier alpha value is -3.90. The first-order valence-corrected chi connectivity index (χ1v) is 10.7. The van der Waals surface area contributed by atoms with Gasteiger partial charge in [0.1, 0.15) is 17.4 Å². The number of nitrogens with one attached hydrogen (secondary N) is 1. The molecule has 2 saturated heterocycles. The van der Waals surface area contributed by atoms with Crippen LogP contribution >= 0.6 is 0 Å². The van der Waals surface area contributed by atoms with Crippen LogP contribution in [-0.2, 0) is 4.79 Å². The first-order valence-electron chi connectivity index (χ1n) is 10.7. The summed E-state index contributed by atoms with van der Waals surface area (Å²) in [7, 11) is 0. The largest absolute Gasteiger partial charge is 0.381 e. The van der Waals surface area contributed by atoms with Gasteiger partial charge in [0.2, 0.25) is 5.91 Å². The van der Waals surface area contributed by atoms with Gasteiger partial charge < -0.3 is 20.9 Å². The lowest BCUT2D eigenvalue weighted by atomic mass is 9.93. The van der Waals surface area contributed by atoms with Crippen LogP contribution in [-0.4, -0.2) is 68.6 Å². The van der Waals surface area contributed by atoms with Crippen LogP contribution in [0, 0.1) is 17.6 Å². The van der Waals surface area contributed by atoms with Gasteiger partial charge in [0.05, 0.1) is 43.6 Å². The maximum Gasteiger partial charge on any atom is 0.263 e. The van der Waals surface area contributed by atoms with Crippen molar-refractivity contribution < 1.29 is 22.8 Å². The maximum atomic E-state index is 14.8. The van der Waals surface area contributed by atoms with Crippen LogP contribution in [0.3, 0.4) is 0 Å². The number of nitrogens with two attached hydrogens (primary N) is 1. The van der Waals surface area contributed by atoms with Gasteiger partial charge in [0, 0.05) is 19.0 Å². The number of likely N-dealkylation sites (tertiary alicyclic amines) is 1. The van der Waals surface area contributed by atoms with Crippen LogP contribution in [0.25, 0.3) is 5.65 Å². The number of rotatable bonds is 4. The fourth-order valence-electron chi connectivity index (χ4n) is 4.39. The highest BCUT2D eigenvalue weighted by molar-refractivity contribution is 6.12. The van der Waals surface area contributed by atoms with Gasteiger partial charge in [0.15, 0.2) is 23.1 Å². The molecule has 3 aromatic heterocycles. The Morgan fingerprint density at radius 3 is 2.56 bits per heavy atom. The van der Waals surface area contributed by atoms with E-state index in [-0.39, 0.29) is 53.3 Å². The normalized spacial score (nSPS) is 17.1. The predicted octanol–water partition coefficient (Wildman–Crippen LogP) is 1.63. The summed E-state index contributed by atoms with van der Waals surface area (Å²) in [5, 5.41) is 6.50. The highest BCUT2D eigenvalue weighted by atomic mass is 19.1. The van der Waals surface area contributed by atoms with E-state index in [1.54, 1.807) is 4.90 Å². The third-order valence-corrected chi connectivity index (χ3v) is 6.13. The van der Waals surface area contributed by atoms with Gasteiger partial charge in [0.25, 0.3) is 5.91 Å². The molecule has 0 spiro atoms. The second-order valence-electron chi connectivity index (χ2n) is 8.37. The summed E-state index contributed by atoms with van der Waals surface area (Å²) < 4.78 is 42.4. The van der Waals surface area contributed by atoms with Crippen molar-refractivity contribution in [1.29, 1.82) is 0 Å².